The highest BCUT2D eigenvalue weighted by Gasteiger charge is 2.15. The fraction of sp³-hybridized carbons (Fsp3) is 0.312. The normalized spacial score (nSPS) is 12.9. The van der Waals surface area contributed by atoms with Gasteiger partial charge >= 0.3 is 0 Å². The van der Waals surface area contributed by atoms with E-state index in [9.17, 15) is 0 Å². The molecule has 0 aliphatic carbocycles. The van der Waals surface area contributed by atoms with Gasteiger partial charge in [-0.1, -0.05) is 6.07 Å². The Hall–Kier alpha value is -1.32. The van der Waals surface area contributed by atoms with Crippen LogP contribution in [-0.2, 0) is 12.3 Å². The molecule has 1 aromatic carbocycles. The van der Waals surface area contributed by atoms with Crippen molar-refractivity contribution in [3.05, 3.63) is 52.0 Å². The second kappa shape index (κ2) is 5.58. The van der Waals surface area contributed by atoms with Crippen LogP contribution in [-0.4, -0.2) is 9.55 Å². The Bertz CT molecular complexity index is 715. The van der Waals surface area contributed by atoms with Crippen LogP contribution >= 0.6 is 22.9 Å². The Morgan fingerprint density at radius 3 is 2.90 bits per heavy atom. The van der Waals surface area contributed by atoms with Crippen molar-refractivity contribution in [1.82, 2.24) is 9.55 Å². The summed E-state index contributed by atoms with van der Waals surface area (Å²) >= 11 is 7.83. The first-order valence-electron chi connectivity index (χ1n) is 6.73. The fourth-order valence-electron chi connectivity index (χ4n) is 2.69. The fourth-order valence-corrected chi connectivity index (χ4v) is 3.56. The van der Waals surface area contributed by atoms with Crippen LogP contribution in [0, 0.1) is 6.92 Å². The van der Waals surface area contributed by atoms with Gasteiger partial charge in [0.15, 0.2) is 0 Å². The van der Waals surface area contributed by atoms with E-state index < -0.39 is 0 Å². The summed E-state index contributed by atoms with van der Waals surface area (Å²) < 4.78 is 2.28. The Morgan fingerprint density at radius 1 is 1.35 bits per heavy atom. The largest absolute Gasteiger partial charge is 0.324 e. The zero-order chi connectivity index (χ0) is 14.1. The molecule has 0 saturated carbocycles. The minimum Gasteiger partial charge on any atom is -0.324 e. The number of halogens is 1. The van der Waals surface area contributed by atoms with E-state index >= 15 is 0 Å². The van der Waals surface area contributed by atoms with Crippen molar-refractivity contribution >= 4 is 34.0 Å². The molecule has 2 nitrogen and oxygen atoms in total. The molecule has 2 aromatic heterocycles. The number of hydrogen-bond acceptors (Lipinski definition) is 2. The number of fused-ring (bicyclic) bond motifs is 1. The van der Waals surface area contributed by atoms with E-state index in [0.717, 1.165) is 17.8 Å². The molecule has 1 atom stereocenters. The SMILES string of the molecule is Cc1ccc2c(c1)nc(CCl)n2C(C)Cc1ccsc1. The first-order chi connectivity index (χ1) is 9.69. The molecule has 0 fully saturated rings. The van der Waals surface area contributed by atoms with Gasteiger partial charge in [-0.2, -0.15) is 11.3 Å². The average molecular weight is 305 g/mol. The maximum atomic E-state index is 6.09. The third kappa shape index (κ3) is 2.48. The van der Waals surface area contributed by atoms with Gasteiger partial charge in [0.05, 0.1) is 16.9 Å². The standard InChI is InChI=1S/C16H17ClN2S/c1-11-3-4-15-14(7-11)18-16(9-17)19(15)12(2)8-13-5-6-20-10-13/h3-7,10,12H,8-9H2,1-2H3. The summed E-state index contributed by atoms with van der Waals surface area (Å²) in [6.45, 7) is 4.32. The molecule has 0 saturated heterocycles. The first kappa shape index (κ1) is 13.7. The number of imidazole rings is 1. The number of rotatable bonds is 4. The maximum Gasteiger partial charge on any atom is 0.125 e. The third-order valence-electron chi connectivity index (χ3n) is 3.59. The van der Waals surface area contributed by atoms with Gasteiger partial charge in [-0.15, -0.1) is 11.6 Å². The lowest BCUT2D eigenvalue weighted by Gasteiger charge is -2.16. The van der Waals surface area contributed by atoms with Gasteiger partial charge in [-0.25, -0.2) is 4.98 Å². The molecular weight excluding hydrogens is 288 g/mol. The third-order valence-corrected chi connectivity index (χ3v) is 4.56. The van der Waals surface area contributed by atoms with Crippen molar-refractivity contribution in [2.45, 2.75) is 32.2 Å². The van der Waals surface area contributed by atoms with Crippen LogP contribution in [0.15, 0.2) is 35.0 Å². The number of nitrogens with zero attached hydrogens (tertiary/aromatic N) is 2. The molecular formula is C16H17ClN2S. The molecule has 0 radical (unpaired) electrons. The molecule has 20 heavy (non-hydrogen) atoms. The lowest BCUT2D eigenvalue weighted by molar-refractivity contribution is 0.544. The quantitative estimate of drug-likeness (QED) is 0.624. The van der Waals surface area contributed by atoms with Crippen molar-refractivity contribution in [3.8, 4) is 0 Å². The Morgan fingerprint density at radius 2 is 2.20 bits per heavy atom. The monoisotopic (exact) mass is 304 g/mol. The predicted octanol–water partition coefficient (Wildman–Crippen LogP) is 4.95. The molecule has 2 heterocycles. The van der Waals surface area contributed by atoms with Gasteiger partial charge in [0.25, 0.3) is 0 Å². The number of alkyl halides is 1. The minimum absolute atomic E-state index is 0.353. The Balaban J connectivity index is 2.04. The summed E-state index contributed by atoms with van der Waals surface area (Å²) in [5.41, 5.74) is 4.82. The highest BCUT2D eigenvalue weighted by molar-refractivity contribution is 7.07. The molecule has 0 N–H and O–H groups in total. The van der Waals surface area contributed by atoms with E-state index in [1.807, 2.05) is 0 Å². The summed E-state index contributed by atoms with van der Waals surface area (Å²) in [5, 5.41) is 4.33. The number of aryl methyl sites for hydroxylation is 1. The maximum absolute atomic E-state index is 6.09. The van der Waals surface area contributed by atoms with Crippen LogP contribution in [0.3, 0.4) is 0 Å². The van der Waals surface area contributed by atoms with Crippen molar-refractivity contribution < 1.29 is 0 Å². The van der Waals surface area contributed by atoms with Crippen molar-refractivity contribution in [1.29, 1.82) is 0 Å². The number of aromatic nitrogens is 2. The lowest BCUT2D eigenvalue weighted by Crippen LogP contribution is -2.10. The molecule has 0 spiro atoms. The zero-order valence-electron chi connectivity index (χ0n) is 11.6. The van der Waals surface area contributed by atoms with Crippen molar-refractivity contribution in [2.75, 3.05) is 0 Å². The highest BCUT2D eigenvalue weighted by Crippen LogP contribution is 2.26. The van der Waals surface area contributed by atoms with Crippen LogP contribution in [0.4, 0.5) is 0 Å². The van der Waals surface area contributed by atoms with E-state index in [4.69, 9.17) is 11.6 Å². The van der Waals surface area contributed by atoms with E-state index in [-0.39, 0.29) is 0 Å². The van der Waals surface area contributed by atoms with Crippen LogP contribution in [0.25, 0.3) is 11.0 Å². The van der Waals surface area contributed by atoms with Gasteiger partial charge in [-0.3, -0.25) is 0 Å². The van der Waals surface area contributed by atoms with Gasteiger partial charge in [0, 0.05) is 6.04 Å². The van der Waals surface area contributed by atoms with Gasteiger partial charge < -0.3 is 4.57 Å². The van der Waals surface area contributed by atoms with Crippen LogP contribution in [0.5, 0.6) is 0 Å². The molecule has 3 rings (SSSR count). The van der Waals surface area contributed by atoms with Crippen molar-refractivity contribution in [2.24, 2.45) is 0 Å². The van der Waals surface area contributed by atoms with Crippen molar-refractivity contribution in [3.63, 3.8) is 0 Å². The molecule has 0 amide bonds. The molecule has 3 aromatic rings. The average Bonchev–Trinajstić information content (AvgIpc) is 3.04. The summed E-state index contributed by atoms with van der Waals surface area (Å²) in [4.78, 5) is 4.68. The summed E-state index contributed by atoms with van der Waals surface area (Å²) in [5.74, 6) is 1.40. The second-order valence-corrected chi connectivity index (χ2v) is 6.26. The Labute approximate surface area is 128 Å². The summed E-state index contributed by atoms with van der Waals surface area (Å²) in [6.07, 6.45) is 1.01. The molecule has 0 bridgehead atoms. The molecule has 104 valence electrons. The molecule has 1 unspecified atom stereocenters. The van der Waals surface area contributed by atoms with Crippen LogP contribution in [0.2, 0.25) is 0 Å². The molecule has 0 aliphatic heterocycles. The van der Waals surface area contributed by atoms with Gasteiger partial charge in [-0.05, 0) is 60.4 Å². The lowest BCUT2D eigenvalue weighted by atomic mass is 10.1. The van der Waals surface area contributed by atoms with E-state index in [0.29, 0.717) is 11.9 Å². The molecule has 4 heteroatoms. The van der Waals surface area contributed by atoms with Crippen LogP contribution < -0.4 is 0 Å². The topological polar surface area (TPSA) is 17.8 Å². The zero-order valence-corrected chi connectivity index (χ0v) is 13.2. The van der Waals surface area contributed by atoms with E-state index in [1.54, 1.807) is 11.3 Å². The van der Waals surface area contributed by atoms with E-state index in [1.165, 1.54) is 16.6 Å². The first-order valence-corrected chi connectivity index (χ1v) is 8.21. The predicted molar refractivity (Wildman–Crippen MR) is 86.8 cm³/mol. The second-order valence-electron chi connectivity index (χ2n) is 5.21. The smallest absolute Gasteiger partial charge is 0.125 e. The summed E-state index contributed by atoms with van der Waals surface area (Å²) in [7, 11) is 0. The van der Waals surface area contributed by atoms with Gasteiger partial charge in [0.2, 0.25) is 0 Å². The summed E-state index contributed by atoms with van der Waals surface area (Å²) in [6, 6.07) is 8.95. The van der Waals surface area contributed by atoms with Crippen LogP contribution in [0.1, 0.15) is 29.9 Å². The Kier molecular flexibility index (Phi) is 3.81. The number of hydrogen-bond donors (Lipinski definition) is 0. The van der Waals surface area contributed by atoms with Gasteiger partial charge in [0.1, 0.15) is 5.82 Å². The number of benzene rings is 1. The highest BCUT2D eigenvalue weighted by atomic mass is 35.5. The minimum atomic E-state index is 0.353. The van der Waals surface area contributed by atoms with E-state index in [2.05, 4.69) is 58.4 Å². The number of thiophene rings is 1. The molecule has 0 aliphatic rings.